The van der Waals surface area contributed by atoms with Gasteiger partial charge in [-0.05, 0) is 60.2 Å². The number of para-hydroxylation sites is 1. The van der Waals surface area contributed by atoms with Gasteiger partial charge in [-0.1, -0.05) is 58.0 Å². The number of carbonyl (C=O) groups is 8. The van der Waals surface area contributed by atoms with Crippen LogP contribution in [0.5, 0.6) is 5.75 Å². The first-order valence-electron chi connectivity index (χ1n) is 21.8. The molecule has 22 nitrogen and oxygen atoms in total. The van der Waals surface area contributed by atoms with Crippen molar-refractivity contribution in [3.8, 4) is 11.8 Å². The average molecular weight is 974 g/mol. The lowest BCUT2D eigenvalue weighted by atomic mass is 10.00. The minimum atomic E-state index is -1.41. The van der Waals surface area contributed by atoms with Crippen LogP contribution in [0.15, 0.2) is 72.8 Å². The topological polar surface area (TPSA) is 303 Å². The molecule has 3 aromatic rings. The molecular weight excluding hydrogens is 915 g/mol. The van der Waals surface area contributed by atoms with Crippen LogP contribution in [0, 0.1) is 33.3 Å². The summed E-state index contributed by atoms with van der Waals surface area (Å²) in [5.74, 6) is -5.60. The van der Waals surface area contributed by atoms with Crippen LogP contribution in [0.4, 0.5) is 21.9 Å². The van der Waals surface area contributed by atoms with Crippen molar-refractivity contribution in [3.05, 3.63) is 94.0 Å². The van der Waals surface area contributed by atoms with E-state index in [4.69, 9.17) is 4.74 Å². The smallest absolute Gasteiger partial charge is 0.318 e. The van der Waals surface area contributed by atoms with Gasteiger partial charge >= 0.3 is 17.8 Å². The summed E-state index contributed by atoms with van der Waals surface area (Å²) in [6, 6.07) is 14.9. The lowest BCUT2D eigenvalue weighted by molar-refractivity contribution is -0.384. The number of nitriles is 1. The maximum atomic E-state index is 14.2. The van der Waals surface area contributed by atoms with Gasteiger partial charge in [0.15, 0.2) is 0 Å². The molecular formula is C46H59N11O11S. The van der Waals surface area contributed by atoms with Crippen molar-refractivity contribution >= 4 is 76.2 Å². The molecule has 370 valence electrons. The number of thioether (sulfide) groups is 1. The first kappa shape index (κ1) is 55.6. The molecule has 7 N–H and O–H groups in total. The van der Waals surface area contributed by atoms with Crippen molar-refractivity contribution in [2.24, 2.45) is 11.8 Å². The van der Waals surface area contributed by atoms with Crippen LogP contribution in [0.3, 0.4) is 0 Å². The zero-order valence-corrected chi connectivity index (χ0v) is 40.3. The zero-order valence-electron chi connectivity index (χ0n) is 39.5. The number of hydrogen-bond acceptors (Lipinski definition) is 13. The fourth-order valence-corrected chi connectivity index (χ4v) is 6.92. The van der Waals surface area contributed by atoms with Crippen molar-refractivity contribution in [3.63, 3.8) is 0 Å². The van der Waals surface area contributed by atoms with Crippen molar-refractivity contribution in [1.82, 2.24) is 37.0 Å². The summed E-state index contributed by atoms with van der Waals surface area (Å²) in [5, 5.41) is 34.0. The van der Waals surface area contributed by atoms with E-state index in [0.717, 1.165) is 4.90 Å². The third kappa shape index (κ3) is 17.1. The van der Waals surface area contributed by atoms with Gasteiger partial charge in [-0.15, -0.1) is 0 Å². The van der Waals surface area contributed by atoms with E-state index in [0.29, 0.717) is 17.7 Å². The highest BCUT2D eigenvalue weighted by atomic mass is 32.2. The molecule has 23 heteroatoms. The number of likely N-dealkylation sites (N-methyl/N-ethyl adjacent to an activating group) is 1. The van der Waals surface area contributed by atoms with Gasteiger partial charge < -0.3 is 41.1 Å². The summed E-state index contributed by atoms with van der Waals surface area (Å²) in [5.41, 5.74) is 4.96. The molecule has 9 amide bonds. The number of ether oxygens (including phenoxy) is 1. The Morgan fingerprint density at radius 3 is 2.07 bits per heavy atom. The fraction of sp³-hybridized carbons (Fsp3) is 0.413. The van der Waals surface area contributed by atoms with Crippen LogP contribution in [0.25, 0.3) is 0 Å². The third-order valence-corrected chi connectivity index (χ3v) is 11.0. The molecule has 0 aliphatic rings. The van der Waals surface area contributed by atoms with Crippen LogP contribution in [-0.4, -0.2) is 121 Å². The Morgan fingerprint density at radius 2 is 1.49 bits per heavy atom. The second kappa shape index (κ2) is 27.8. The van der Waals surface area contributed by atoms with Crippen LogP contribution >= 0.6 is 11.8 Å². The van der Waals surface area contributed by atoms with Gasteiger partial charge in [0.05, 0.1) is 30.1 Å². The first-order chi connectivity index (χ1) is 32.8. The number of carbonyl (C=O) groups excluding carboxylic acids is 8. The van der Waals surface area contributed by atoms with Crippen LogP contribution < -0.4 is 47.1 Å². The Labute approximate surface area is 404 Å². The molecule has 0 aromatic heterocycles. The van der Waals surface area contributed by atoms with Crippen molar-refractivity contribution in [1.29, 1.82) is 5.26 Å². The number of benzene rings is 3. The van der Waals surface area contributed by atoms with Crippen molar-refractivity contribution < 1.29 is 48.0 Å². The number of nitrogens with zero attached hydrogens (tertiary/aromatic N) is 4. The number of non-ortho nitro benzene ring substituents is 1. The number of nitro groups is 1. The van der Waals surface area contributed by atoms with Gasteiger partial charge in [-0.25, -0.2) is 4.79 Å². The molecule has 3 atom stereocenters. The van der Waals surface area contributed by atoms with Gasteiger partial charge in [-0.3, -0.25) is 54.5 Å². The summed E-state index contributed by atoms with van der Waals surface area (Å²) in [6.07, 6.45) is 1.77. The number of amides is 9. The highest BCUT2D eigenvalue weighted by Gasteiger charge is 2.33. The molecule has 0 spiro atoms. The Hall–Kier alpha value is -7.74. The molecule has 0 aliphatic carbocycles. The monoisotopic (exact) mass is 973 g/mol. The number of methoxy groups -OCH3 is 1. The van der Waals surface area contributed by atoms with Crippen LogP contribution in [-0.2, 0) is 35.2 Å². The molecule has 0 saturated heterocycles. The van der Waals surface area contributed by atoms with Gasteiger partial charge in [0.2, 0.25) is 23.6 Å². The summed E-state index contributed by atoms with van der Waals surface area (Å²) >= 11 is 1.48. The number of urea groups is 1. The molecule has 0 heterocycles. The summed E-state index contributed by atoms with van der Waals surface area (Å²) in [7, 11) is 2.75. The molecule has 3 rings (SSSR count). The number of nitro benzene ring substituents is 1. The molecule has 69 heavy (non-hydrogen) atoms. The Bertz CT molecular complexity index is 2340. The molecule has 3 aromatic carbocycles. The predicted octanol–water partition coefficient (Wildman–Crippen LogP) is 2.65. The number of anilines is 2. The lowest BCUT2D eigenvalue weighted by Gasteiger charge is -2.30. The minimum absolute atomic E-state index is 0.0221. The Morgan fingerprint density at radius 1 is 0.812 bits per heavy atom. The number of hydrazine groups is 1. The normalized spacial score (nSPS) is 11.9. The second-order valence-corrected chi connectivity index (χ2v) is 17.0. The second-order valence-electron chi connectivity index (χ2n) is 16.0. The van der Waals surface area contributed by atoms with Gasteiger partial charge in [0.25, 0.3) is 11.6 Å². The molecule has 0 aliphatic heterocycles. The minimum Gasteiger partial charge on any atom is -0.496 e. The molecule has 0 fully saturated rings. The van der Waals surface area contributed by atoms with Crippen molar-refractivity contribution in [2.75, 3.05) is 56.0 Å². The maximum absolute atomic E-state index is 14.2. The number of rotatable bonds is 23. The SMILES string of the molecule is CNC(=O)[C@H](CCSC)NC(=O)[C@@H](NC(=O)[C@H](Cc1ccc([N+](=O)[O-])cc1)NC(=O)N(CCC#N)CCN(C(=O)C(=O)Nc1ccc(OC)c(C(=O)NNC(=O)C(C)C)c1)c1ccccc1)C(C)C. The molecule has 0 bridgehead atoms. The molecule has 0 unspecified atom stereocenters. The summed E-state index contributed by atoms with van der Waals surface area (Å²) < 4.78 is 5.28. The van der Waals surface area contributed by atoms with Gasteiger partial charge in [0, 0.05) is 62.5 Å². The van der Waals surface area contributed by atoms with E-state index < -0.39 is 82.3 Å². The standard InChI is InChI=1S/C46H59N11O11S/c1-28(2)38(43(62)50-35(20-25-69-7)41(60)48-5)52-42(61)36(26-30-14-17-33(18-15-30)57(66)67)51-46(65)55(22-11-21-47)23-24-56(32-12-9-8-10-13-32)45(64)44(63)49-31-16-19-37(68-6)34(27-31)40(59)54-53-39(58)29(3)4/h8-10,12-19,27-29,35-36,38H,11,20,22-26H2,1-7H3,(H,48,60)(H,49,63)(H,50,62)(H,51,65)(H,52,61)(H,53,58)(H,54,59)/t35-,36-,38-/m0/s1. The van der Waals surface area contributed by atoms with Crippen molar-refractivity contribution in [2.45, 2.75) is 65.1 Å². The highest BCUT2D eigenvalue weighted by molar-refractivity contribution is 7.98. The molecule has 0 saturated carbocycles. The zero-order chi connectivity index (χ0) is 51.2. The predicted molar refractivity (Wildman–Crippen MR) is 258 cm³/mol. The number of hydrogen-bond donors (Lipinski definition) is 7. The third-order valence-electron chi connectivity index (χ3n) is 10.3. The van der Waals surface area contributed by atoms with E-state index in [-0.39, 0.29) is 60.9 Å². The van der Waals surface area contributed by atoms with E-state index >= 15 is 0 Å². The van der Waals surface area contributed by atoms with E-state index in [1.807, 2.05) is 12.3 Å². The largest absolute Gasteiger partial charge is 0.496 e. The van der Waals surface area contributed by atoms with Crippen LogP contribution in [0.2, 0.25) is 0 Å². The van der Waals surface area contributed by atoms with Gasteiger partial charge in [-0.2, -0.15) is 17.0 Å². The van der Waals surface area contributed by atoms with E-state index in [1.54, 1.807) is 58.0 Å². The highest BCUT2D eigenvalue weighted by Crippen LogP contribution is 2.23. The van der Waals surface area contributed by atoms with E-state index in [1.165, 1.54) is 73.3 Å². The quantitative estimate of drug-likeness (QED) is 0.0409. The Balaban J connectivity index is 1.92. The van der Waals surface area contributed by atoms with E-state index in [9.17, 15) is 53.7 Å². The number of nitrogens with one attached hydrogen (secondary N) is 7. The summed E-state index contributed by atoms with van der Waals surface area (Å²) in [4.78, 5) is 120. The Kier molecular flexibility index (Phi) is 22.4. The first-order valence-corrected chi connectivity index (χ1v) is 23.2. The summed E-state index contributed by atoms with van der Waals surface area (Å²) in [6.45, 7) is 5.84. The maximum Gasteiger partial charge on any atom is 0.318 e. The van der Waals surface area contributed by atoms with E-state index in [2.05, 4.69) is 37.4 Å². The van der Waals surface area contributed by atoms with Gasteiger partial charge in [0.1, 0.15) is 23.9 Å². The average Bonchev–Trinajstić information content (AvgIpc) is 3.33. The fourth-order valence-electron chi connectivity index (χ4n) is 6.44. The van der Waals surface area contributed by atoms with Crippen LogP contribution in [0.1, 0.15) is 56.5 Å². The molecule has 0 radical (unpaired) electrons. The lowest BCUT2D eigenvalue weighted by Crippen LogP contribution is -2.59.